The van der Waals surface area contributed by atoms with E-state index in [2.05, 4.69) is 36.4 Å². The number of allylic oxidation sites excluding steroid dienone is 1. The van der Waals surface area contributed by atoms with Gasteiger partial charge in [0, 0.05) is 5.39 Å². The summed E-state index contributed by atoms with van der Waals surface area (Å²) >= 11 is 1.61. The fourth-order valence-electron chi connectivity index (χ4n) is 8.67. The quantitative estimate of drug-likeness (QED) is 0.468. The second-order valence-corrected chi connectivity index (χ2v) is 12.5. The van der Waals surface area contributed by atoms with Crippen LogP contribution in [0.15, 0.2) is 17.0 Å². The maximum atomic E-state index is 10.3. The monoisotopic (exact) mass is 462 g/mol. The predicted molar refractivity (Wildman–Crippen MR) is 134 cm³/mol. The number of aliphatic hydroxyl groups excluding tert-OH is 1. The van der Waals surface area contributed by atoms with E-state index in [1.54, 1.807) is 11.3 Å². The fourth-order valence-corrected chi connectivity index (χ4v) is 9.69. The summed E-state index contributed by atoms with van der Waals surface area (Å²) in [6.07, 6.45) is 11.4. The van der Waals surface area contributed by atoms with Crippen molar-refractivity contribution in [2.75, 3.05) is 11.5 Å². The molecule has 6 rings (SSSR count). The minimum absolute atomic E-state index is 0.149. The zero-order valence-electron chi connectivity index (χ0n) is 19.6. The van der Waals surface area contributed by atoms with Crippen LogP contribution in [0.3, 0.4) is 0 Å². The van der Waals surface area contributed by atoms with Crippen molar-refractivity contribution in [1.82, 2.24) is 4.98 Å². The Balaban J connectivity index is 1.38. The van der Waals surface area contributed by atoms with Crippen LogP contribution in [0.2, 0.25) is 0 Å². The number of aromatic nitrogens is 1. The number of aliphatic hydroxyl groups is 1. The zero-order valence-corrected chi connectivity index (χ0v) is 20.4. The van der Waals surface area contributed by atoms with E-state index in [0.29, 0.717) is 23.1 Å². The molecular weight excluding hydrogens is 428 g/mol. The Labute approximate surface area is 199 Å². The third-order valence-corrected chi connectivity index (χ3v) is 11.3. The van der Waals surface area contributed by atoms with Crippen molar-refractivity contribution in [3.63, 3.8) is 0 Å². The zero-order chi connectivity index (χ0) is 23.1. The molecule has 2 aromatic rings. The van der Waals surface area contributed by atoms with Gasteiger partial charge in [-0.05, 0) is 96.8 Å². The highest BCUT2D eigenvalue weighted by atomic mass is 32.1. The van der Waals surface area contributed by atoms with Crippen LogP contribution in [0.5, 0.6) is 0 Å². The Morgan fingerprint density at radius 3 is 2.76 bits per heavy atom. The fraction of sp³-hybridized carbons (Fsp3) is 0.630. The molecule has 2 heterocycles. The lowest BCUT2D eigenvalue weighted by Gasteiger charge is -2.58. The topological polar surface area (TPSA) is 109 Å². The average molecular weight is 463 g/mol. The Kier molecular flexibility index (Phi) is 4.68. The molecule has 0 aliphatic heterocycles. The van der Waals surface area contributed by atoms with Crippen molar-refractivity contribution in [2.24, 2.45) is 28.6 Å². The van der Waals surface area contributed by atoms with E-state index in [-0.39, 0.29) is 22.8 Å². The molecular formula is C27H34N4OS. The normalized spacial score (nSPS) is 39.9. The van der Waals surface area contributed by atoms with Gasteiger partial charge in [-0.3, -0.25) is 0 Å². The van der Waals surface area contributed by atoms with Crippen molar-refractivity contribution in [1.29, 1.82) is 5.26 Å². The van der Waals surface area contributed by atoms with Gasteiger partial charge >= 0.3 is 0 Å². The molecule has 0 saturated heterocycles. The van der Waals surface area contributed by atoms with Crippen LogP contribution in [-0.4, -0.2) is 16.2 Å². The van der Waals surface area contributed by atoms with E-state index in [9.17, 15) is 10.4 Å². The van der Waals surface area contributed by atoms with Gasteiger partial charge in [-0.1, -0.05) is 25.5 Å². The van der Waals surface area contributed by atoms with E-state index in [4.69, 9.17) is 11.5 Å². The number of nitrogens with zero attached hydrogens (tertiary/aromatic N) is 2. The second-order valence-electron chi connectivity index (χ2n) is 11.6. The van der Waals surface area contributed by atoms with Crippen LogP contribution in [0.4, 0.5) is 11.5 Å². The second kappa shape index (κ2) is 7.20. The molecule has 174 valence electrons. The largest absolute Gasteiger partial charge is 0.397 e. The van der Waals surface area contributed by atoms with Crippen molar-refractivity contribution in [2.45, 2.75) is 77.2 Å². The maximum Gasteiger partial charge on any atom is 0.145 e. The minimum atomic E-state index is -0.149. The number of nitrogen functional groups attached to an aromatic ring is 2. The van der Waals surface area contributed by atoms with Crippen molar-refractivity contribution < 1.29 is 5.11 Å². The number of pyridine rings is 1. The number of fused-ring (bicyclic) bond motifs is 6. The van der Waals surface area contributed by atoms with Crippen molar-refractivity contribution in [3.8, 4) is 6.07 Å². The molecule has 3 fully saturated rings. The van der Waals surface area contributed by atoms with Crippen LogP contribution in [0, 0.1) is 39.9 Å². The summed E-state index contributed by atoms with van der Waals surface area (Å²) in [6, 6.07) is 2.17. The van der Waals surface area contributed by atoms with Crippen LogP contribution >= 0.6 is 11.3 Å². The highest BCUT2D eigenvalue weighted by Crippen LogP contribution is 2.68. The Hall–Kier alpha value is -2.10. The van der Waals surface area contributed by atoms with Gasteiger partial charge in [0.2, 0.25) is 0 Å². The van der Waals surface area contributed by atoms with Crippen molar-refractivity contribution >= 4 is 33.1 Å². The molecule has 7 atom stereocenters. The highest BCUT2D eigenvalue weighted by molar-refractivity contribution is 7.17. The molecule has 4 aliphatic carbocycles. The number of nitrogens with two attached hydrogens (primary N) is 2. The smallest absolute Gasteiger partial charge is 0.145 e. The molecule has 0 unspecified atom stereocenters. The highest BCUT2D eigenvalue weighted by Gasteiger charge is 2.59. The first kappa shape index (κ1) is 21.4. The molecule has 0 radical (unpaired) electrons. The molecule has 0 aromatic carbocycles. The lowest BCUT2D eigenvalue weighted by Crippen LogP contribution is -2.50. The SMILES string of the molecule is C[C@]12CC[C@H]3[C@@H](CC=C4C[C@@H](O)CC[C@@]43C)[C@@H]1CC[C@@H]2c1csc2nc(N)c(C#N)c(N)c12. The Morgan fingerprint density at radius 1 is 1.15 bits per heavy atom. The van der Waals surface area contributed by atoms with Gasteiger partial charge in [-0.25, -0.2) is 4.98 Å². The van der Waals surface area contributed by atoms with Gasteiger partial charge in [-0.2, -0.15) is 5.26 Å². The minimum Gasteiger partial charge on any atom is -0.397 e. The molecule has 6 heteroatoms. The van der Waals surface area contributed by atoms with Crippen molar-refractivity contribution in [3.05, 3.63) is 28.2 Å². The van der Waals surface area contributed by atoms with E-state index >= 15 is 0 Å². The molecule has 4 aliphatic rings. The lowest BCUT2D eigenvalue weighted by atomic mass is 9.47. The number of rotatable bonds is 1. The summed E-state index contributed by atoms with van der Waals surface area (Å²) in [5.41, 5.74) is 16.7. The van der Waals surface area contributed by atoms with E-state index in [1.165, 1.54) is 43.2 Å². The van der Waals surface area contributed by atoms with E-state index < -0.39 is 0 Å². The first-order valence-electron chi connectivity index (χ1n) is 12.5. The standard InChI is InChI=1S/C27H34N4OS/c1-26-9-7-15(32)11-14(26)3-4-16-19-5-6-20(27(19,2)10-8-21(16)26)18-13-33-25-22(18)23(29)17(12-28)24(30)31-25/h3,13,15-16,19-21,32H,4-11H2,1-2H3,(H4,29,30,31)/t15-,16-,19-,20+,21-,26-,27-/m0/s1. The molecule has 0 spiro atoms. The predicted octanol–water partition coefficient (Wildman–Crippen LogP) is 5.74. The van der Waals surface area contributed by atoms with E-state index in [1.807, 2.05) is 0 Å². The van der Waals surface area contributed by atoms with Gasteiger partial charge < -0.3 is 16.6 Å². The molecule has 33 heavy (non-hydrogen) atoms. The third-order valence-electron chi connectivity index (χ3n) is 10.4. The Morgan fingerprint density at radius 2 is 1.97 bits per heavy atom. The number of anilines is 2. The van der Waals surface area contributed by atoms with Gasteiger partial charge in [-0.15, -0.1) is 11.3 Å². The molecule has 3 saturated carbocycles. The summed E-state index contributed by atoms with van der Waals surface area (Å²) in [6.45, 7) is 5.01. The summed E-state index contributed by atoms with van der Waals surface area (Å²) in [5.74, 6) is 2.85. The third kappa shape index (κ3) is 2.82. The maximum absolute atomic E-state index is 10.3. The lowest BCUT2D eigenvalue weighted by molar-refractivity contribution is -0.0408. The first-order chi connectivity index (χ1) is 15.8. The molecule has 5 nitrogen and oxygen atoms in total. The van der Waals surface area contributed by atoms with Crippen LogP contribution < -0.4 is 11.5 Å². The summed E-state index contributed by atoms with van der Waals surface area (Å²) in [5, 5.41) is 23.1. The number of hydrogen-bond donors (Lipinski definition) is 3. The van der Waals surface area contributed by atoms with Crippen LogP contribution in [-0.2, 0) is 0 Å². The first-order valence-corrected chi connectivity index (χ1v) is 13.4. The van der Waals surface area contributed by atoms with Crippen LogP contribution in [0.25, 0.3) is 10.2 Å². The molecule has 0 bridgehead atoms. The van der Waals surface area contributed by atoms with Gasteiger partial charge in [0.25, 0.3) is 0 Å². The number of nitriles is 1. The van der Waals surface area contributed by atoms with Crippen LogP contribution in [0.1, 0.15) is 82.3 Å². The molecule has 5 N–H and O–H groups in total. The average Bonchev–Trinajstić information content (AvgIpc) is 3.34. The van der Waals surface area contributed by atoms with E-state index in [0.717, 1.165) is 41.3 Å². The summed E-state index contributed by atoms with van der Waals surface area (Å²) < 4.78 is 0. The Bertz CT molecular complexity index is 1210. The number of thiophene rings is 1. The van der Waals surface area contributed by atoms with Gasteiger partial charge in [0.05, 0.1) is 11.8 Å². The number of hydrogen-bond acceptors (Lipinski definition) is 6. The summed E-state index contributed by atoms with van der Waals surface area (Å²) in [4.78, 5) is 5.38. The molecule has 2 aromatic heterocycles. The van der Waals surface area contributed by atoms with Gasteiger partial charge in [0.1, 0.15) is 22.3 Å². The summed E-state index contributed by atoms with van der Waals surface area (Å²) in [7, 11) is 0. The molecule has 0 amide bonds. The van der Waals surface area contributed by atoms with Gasteiger partial charge in [0.15, 0.2) is 0 Å².